The molecule has 0 radical (unpaired) electrons. The Morgan fingerprint density at radius 2 is 0.672 bits per heavy atom. The molecular weight excluding hydrogens is 737 g/mol. The zero-order chi connectivity index (χ0) is 41.9. The first-order chi connectivity index (χ1) is 29.5. The molecule has 2 aliphatic rings. The second kappa shape index (κ2) is 14.8. The SMILES string of the molecule is CC1(C)CCC(C)(C)c2cc(-c3ccc(N(c4ccccc4)c4ccc(-c5ccc(N(c6ccccc6)c6ccc7c(c6)-c6ccccc6C7(C)C)cc5)cc4)cc3)ccc21. The molecule has 0 spiro atoms. The molecule has 0 bridgehead atoms. The molecule has 0 N–H and O–H groups in total. The molecule has 300 valence electrons. The number of anilines is 6. The minimum absolute atomic E-state index is 0.0280. The molecule has 0 unspecified atom stereocenters. The molecule has 0 saturated carbocycles. The Labute approximate surface area is 362 Å². The highest BCUT2D eigenvalue weighted by molar-refractivity contribution is 5.87. The minimum Gasteiger partial charge on any atom is -0.311 e. The molecule has 0 amide bonds. The lowest BCUT2D eigenvalue weighted by Crippen LogP contribution is -2.33. The van der Waals surface area contributed by atoms with Gasteiger partial charge in [-0.15, -0.1) is 0 Å². The van der Waals surface area contributed by atoms with Crippen LogP contribution < -0.4 is 9.80 Å². The lowest BCUT2D eigenvalue weighted by molar-refractivity contribution is 0.332. The third-order valence-corrected chi connectivity index (χ3v) is 13.8. The first kappa shape index (κ1) is 38.6. The zero-order valence-corrected chi connectivity index (χ0v) is 36.3. The largest absolute Gasteiger partial charge is 0.311 e. The van der Waals surface area contributed by atoms with Gasteiger partial charge in [-0.3, -0.25) is 0 Å². The molecule has 0 saturated heterocycles. The Balaban J connectivity index is 0.945. The predicted molar refractivity (Wildman–Crippen MR) is 260 cm³/mol. The maximum absolute atomic E-state index is 2.46. The Morgan fingerprint density at radius 3 is 1.21 bits per heavy atom. The van der Waals surface area contributed by atoms with E-state index in [-0.39, 0.29) is 16.2 Å². The van der Waals surface area contributed by atoms with Crippen LogP contribution in [0.25, 0.3) is 33.4 Å². The van der Waals surface area contributed by atoms with Crippen LogP contribution in [0.15, 0.2) is 194 Å². The number of para-hydroxylation sites is 2. The Bertz CT molecular complexity index is 2850. The normalized spacial score (nSPS) is 15.3. The van der Waals surface area contributed by atoms with Crippen LogP contribution in [0.1, 0.15) is 76.6 Å². The van der Waals surface area contributed by atoms with Crippen LogP contribution in [0.5, 0.6) is 0 Å². The molecule has 0 heterocycles. The number of hydrogen-bond acceptors (Lipinski definition) is 2. The first-order valence-corrected chi connectivity index (χ1v) is 21.9. The van der Waals surface area contributed by atoms with Gasteiger partial charge in [0, 0.05) is 39.5 Å². The van der Waals surface area contributed by atoms with Crippen molar-refractivity contribution in [3.8, 4) is 33.4 Å². The van der Waals surface area contributed by atoms with Gasteiger partial charge in [-0.1, -0.05) is 163 Å². The smallest absolute Gasteiger partial charge is 0.0468 e. The van der Waals surface area contributed by atoms with Crippen molar-refractivity contribution < 1.29 is 0 Å². The summed E-state index contributed by atoms with van der Waals surface area (Å²) in [5, 5.41) is 0. The van der Waals surface area contributed by atoms with E-state index in [9.17, 15) is 0 Å². The van der Waals surface area contributed by atoms with Gasteiger partial charge in [0.1, 0.15) is 0 Å². The number of rotatable bonds is 8. The molecule has 2 aliphatic carbocycles. The van der Waals surface area contributed by atoms with Gasteiger partial charge in [-0.2, -0.15) is 0 Å². The van der Waals surface area contributed by atoms with E-state index in [0.717, 1.165) is 34.1 Å². The monoisotopic (exact) mass is 790 g/mol. The molecule has 8 aromatic rings. The number of nitrogens with zero attached hydrogens (tertiary/aromatic N) is 2. The first-order valence-electron chi connectivity index (χ1n) is 21.9. The summed E-state index contributed by atoms with van der Waals surface area (Å²) in [4.78, 5) is 4.72. The standard InChI is InChI=1S/C59H54N2/c1-57(2)37-38-58(3,4)56-39-44(27-35-55(56)57)43-25-32-48(33-26-43)60(45-15-9-7-10-16-45)47-28-21-41(22-29-47)42-23-30-49(31-24-42)61(46-17-11-8-12-18-46)50-34-36-54-52(40-50)51-19-13-14-20-53(51)59(54,5)6/h7-36,39-40H,37-38H2,1-6H3. The summed E-state index contributed by atoms with van der Waals surface area (Å²) in [6, 6.07) is 71.5. The fraction of sp³-hybridized carbons (Fsp3) is 0.186. The molecule has 0 fully saturated rings. The van der Waals surface area contributed by atoms with Gasteiger partial charge in [0.25, 0.3) is 0 Å². The summed E-state index contributed by atoms with van der Waals surface area (Å²) in [6.45, 7) is 14.3. The summed E-state index contributed by atoms with van der Waals surface area (Å²) < 4.78 is 0. The molecule has 0 aliphatic heterocycles. The molecule has 10 rings (SSSR count). The lowest BCUT2D eigenvalue weighted by Gasteiger charge is -2.42. The number of fused-ring (bicyclic) bond motifs is 4. The van der Waals surface area contributed by atoms with E-state index < -0.39 is 0 Å². The molecule has 0 atom stereocenters. The third-order valence-electron chi connectivity index (χ3n) is 13.8. The van der Waals surface area contributed by atoms with Crippen LogP contribution in [0, 0.1) is 0 Å². The third kappa shape index (κ3) is 6.85. The Morgan fingerprint density at radius 1 is 0.295 bits per heavy atom. The average Bonchev–Trinajstić information content (AvgIpc) is 3.52. The number of benzene rings is 8. The van der Waals surface area contributed by atoms with Crippen molar-refractivity contribution in [2.75, 3.05) is 9.80 Å². The van der Waals surface area contributed by atoms with Crippen molar-refractivity contribution in [2.45, 2.75) is 70.6 Å². The van der Waals surface area contributed by atoms with E-state index in [1.807, 2.05) is 0 Å². The van der Waals surface area contributed by atoms with Gasteiger partial charge < -0.3 is 9.80 Å². The topological polar surface area (TPSA) is 6.48 Å². The second-order valence-electron chi connectivity index (χ2n) is 18.9. The van der Waals surface area contributed by atoms with Crippen molar-refractivity contribution in [3.05, 3.63) is 216 Å². The fourth-order valence-corrected chi connectivity index (χ4v) is 10.1. The Kier molecular flexibility index (Phi) is 9.37. The predicted octanol–water partition coefficient (Wildman–Crippen LogP) is 16.6. The maximum atomic E-state index is 2.46. The summed E-state index contributed by atoms with van der Waals surface area (Å²) in [5.74, 6) is 0. The van der Waals surface area contributed by atoms with E-state index >= 15 is 0 Å². The van der Waals surface area contributed by atoms with Gasteiger partial charge >= 0.3 is 0 Å². The van der Waals surface area contributed by atoms with Crippen molar-refractivity contribution in [1.29, 1.82) is 0 Å². The van der Waals surface area contributed by atoms with Gasteiger partial charge in [0.2, 0.25) is 0 Å². The van der Waals surface area contributed by atoms with Crippen molar-refractivity contribution in [1.82, 2.24) is 0 Å². The van der Waals surface area contributed by atoms with Crippen LogP contribution in [0.4, 0.5) is 34.1 Å². The number of hydrogen-bond donors (Lipinski definition) is 0. The highest BCUT2D eigenvalue weighted by Crippen LogP contribution is 2.51. The van der Waals surface area contributed by atoms with Crippen LogP contribution in [0.2, 0.25) is 0 Å². The summed E-state index contributed by atoms with van der Waals surface area (Å²) in [6.07, 6.45) is 2.44. The van der Waals surface area contributed by atoms with Crippen molar-refractivity contribution in [3.63, 3.8) is 0 Å². The fourth-order valence-electron chi connectivity index (χ4n) is 10.1. The van der Waals surface area contributed by atoms with Gasteiger partial charge in [0.05, 0.1) is 0 Å². The van der Waals surface area contributed by atoms with E-state index in [2.05, 4.69) is 245 Å². The van der Waals surface area contributed by atoms with Crippen LogP contribution in [0.3, 0.4) is 0 Å². The molecule has 8 aromatic carbocycles. The van der Waals surface area contributed by atoms with Gasteiger partial charge in [0.15, 0.2) is 0 Å². The van der Waals surface area contributed by atoms with Crippen molar-refractivity contribution in [2.24, 2.45) is 0 Å². The maximum Gasteiger partial charge on any atom is 0.0468 e. The van der Waals surface area contributed by atoms with Gasteiger partial charge in [-0.25, -0.2) is 0 Å². The molecule has 61 heavy (non-hydrogen) atoms. The highest BCUT2D eigenvalue weighted by Gasteiger charge is 2.37. The quantitative estimate of drug-likeness (QED) is 0.151. The molecule has 2 heteroatoms. The van der Waals surface area contributed by atoms with Gasteiger partial charge in [-0.05, 0) is 152 Å². The van der Waals surface area contributed by atoms with Crippen LogP contribution >= 0.6 is 0 Å². The van der Waals surface area contributed by atoms with E-state index in [1.165, 1.54) is 68.5 Å². The molecule has 0 aromatic heterocycles. The zero-order valence-electron chi connectivity index (χ0n) is 36.3. The van der Waals surface area contributed by atoms with Crippen LogP contribution in [-0.2, 0) is 16.2 Å². The van der Waals surface area contributed by atoms with Crippen LogP contribution in [-0.4, -0.2) is 0 Å². The van der Waals surface area contributed by atoms with E-state index in [1.54, 1.807) is 0 Å². The molecular formula is C59H54N2. The average molecular weight is 791 g/mol. The summed E-state index contributed by atoms with van der Waals surface area (Å²) >= 11 is 0. The summed E-state index contributed by atoms with van der Waals surface area (Å²) in [7, 11) is 0. The van der Waals surface area contributed by atoms with E-state index in [0.29, 0.717) is 0 Å². The second-order valence-corrected chi connectivity index (χ2v) is 18.9. The minimum atomic E-state index is -0.0280. The van der Waals surface area contributed by atoms with Crippen molar-refractivity contribution >= 4 is 34.1 Å². The lowest BCUT2D eigenvalue weighted by atomic mass is 9.63. The molecule has 2 nitrogen and oxygen atoms in total. The Hall–Kier alpha value is -6.64. The highest BCUT2D eigenvalue weighted by atomic mass is 15.1. The summed E-state index contributed by atoms with van der Waals surface area (Å²) in [5.41, 5.74) is 20.5. The van der Waals surface area contributed by atoms with E-state index in [4.69, 9.17) is 0 Å².